The fourth-order valence-electron chi connectivity index (χ4n) is 13.5. The Hall–Kier alpha value is -8.50. The predicted molar refractivity (Wildman–Crippen MR) is 376 cm³/mol. The van der Waals surface area contributed by atoms with Crippen LogP contribution in [0.1, 0.15) is 116 Å². The van der Waals surface area contributed by atoms with E-state index >= 15 is 0 Å². The van der Waals surface area contributed by atoms with E-state index in [4.69, 9.17) is 62.7 Å². The number of hydrogen-bond donors (Lipinski definition) is 11. The van der Waals surface area contributed by atoms with Crippen molar-refractivity contribution in [2.45, 2.75) is 164 Å². The number of Topliss-reactive ketones (excluding diaryl/α,β-unsaturated/α-hetero) is 2. The van der Waals surface area contributed by atoms with Crippen LogP contribution in [0.5, 0.6) is 28.7 Å². The molecule has 0 radical (unpaired) electrons. The van der Waals surface area contributed by atoms with Gasteiger partial charge in [-0.25, -0.2) is 25.3 Å². The first-order valence-corrected chi connectivity index (χ1v) is 35.5. The minimum atomic E-state index is -1.81. The van der Waals surface area contributed by atoms with Gasteiger partial charge < -0.3 is 123 Å². The zero-order valence-electron chi connectivity index (χ0n) is 60.1. The second-order valence-corrected chi connectivity index (χ2v) is 26.9. The molecule has 0 aromatic heterocycles. The number of anilines is 2. The fraction of sp³-hybridized carbons (Fsp3) is 0.541. The molecule has 6 heterocycles. The van der Waals surface area contributed by atoms with Gasteiger partial charge in [0.25, 0.3) is 11.8 Å². The number of carbonyl (C=O) groups excluding carboxylic acids is 6. The van der Waals surface area contributed by atoms with Crippen LogP contribution < -0.4 is 39.4 Å². The van der Waals surface area contributed by atoms with Crippen LogP contribution in [0.3, 0.4) is 0 Å². The molecule has 4 aromatic carbocycles. The minimum absolute atomic E-state index is 0.0163. The smallest absolute Gasteiger partial charge is 0.416 e. The molecular weight excluding hydrogens is 1420 g/mol. The largest absolute Gasteiger partial charge is 0.493 e. The standard InChI is InChI=1S/C74H95N5O29/c1-39-25-50-69(92)78(73(94)102-37-43-14-16-55(106-72-66(89)64(87)62(85)60(36-81)108-72)47(29-43)53(83)12-10-18-98-21-22-99-23-24-104-75)48-31-56(41(3)27-44(48)67(90)76(50)33-39)100-19-7-6-8-20-101-58-32-49-45(30-57(58)97-5)68(91)77-34-40(2)26-51(77)70(93)79(49)74(95)103-38-42-13-15-54(46(28-42)52(82)11-9-17-96-4)105-71-65(88)63(86)61(84)59(35-80)107-71/h13-16,27-32,50-51,59-66,69-72,80-81,84-89,92-93H,1-2,6-12,17-26,33-38,75H2,3-5H3/t50-,51-,59+,60+,61-,62-,63-,64-,65+,66+,69?,70?,71+,72+/m0/s1. The van der Waals surface area contributed by atoms with Gasteiger partial charge in [-0.15, -0.1) is 0 Å². The summed E-state index contributed by atoms with van der Waals surface area (Å²) < 4.78 is 69.1. The molecular formula is C74H95N5O29. The van der Waals surface area contributed by atoms with Gasteiger partial charge in [0.2, 0.25) is 12.6 Å². The van der Waals surface area contributed by atoms with Gasteiger partial charge in [0.05, 0.1) is 106 Å². The number of fused-ring (bicyclic) bond motifs is 4. The molecule has 0 aliphatic carbocycles. The number of aliphatic hydroxyl groups excluding tert-OH is 10. The monoisotopic (exact) mass is 1520 g/mol. The topological polar surface area (TPSA) is 464 Å². The number of unbranched alkanes of at least 4 members (excludes halogenated alkanes) is 2. The van der Waals surface area contributed by atoms with Crippen LogP contribution in [-0.2, 0) is 51.2 Å². The van der Waals surface area contributed by atoms with Crippen molar-refractivity contribution in [1.29, 1.82) is 0 Å². The molecule has 14 atom stereocenters. The van der Waals surface area contributed by atoms with E-state index < -0.39 is 148 Å². The summed E-state index contributed by atoms with van der Waals surface area (Å²) in [6.07, 6.45) is -19.8. The number of benzene rings is 4. The summed E-state index contributed by atoms with van der Waals surface area (Å²) in [5.74, 6) is 3.38. The number of amides is 4. The molecule has 590 valence electrons. The van der Waals surface area contributed by atoms with E-state index in [9.17, 15) is 79.8 Å². The van der Waals surface area contributed by atoms with Crippen molar-refractivity contribution < 1.29 is 142 Å². The summed E-state index contributed by atoms with van der Waals surface area (Å²) in [6.45, 7) is 9.09. The molecule has 10 rings (SSSR count). The van der Waals surface area contributed by atoms with Crippen molar-refractivity contribution in [2.75, 3.05) is 103 Å². The highest BCUT2D eigenvalue weighted by atomic mass is 16.7. The average molecular weight is 1520 g/mol. The van der Waals surface area contributed by atoms with Crippen LogP contribution in [-0.4, -0.2) is 276 Å². The summed E-state index contributed by atoms with van der Waals surface area (Å²) >= 11 is 0. The Balaban J connectivity index is 0.807. The van der Waals surface area contributed by atoms with Crippen molar-refractivity contribution >= 4 is 46.9 Å². The van der Waals surface area contributed by atoms with E-state index in [1.54, 1.807) is 13.0 Å². The van der Waals surface area contributed by atoms with Gasteiger partial charge in [-0.1, -0.05) is 36.4 Å². The Morgan fingerprint density at radius 2 is 0.972 bits per heavy atom. The fourth-order valence-corrected chi connectivity index (χ4v) is 13.5. The summed E-state index contributed by atoms with van der Waals surface area (Å²) in [6, 6.07) is 12.4. The quantitative estimate of drug-likeness (QED) is 0.0136. The molecule has 0 saturated carbocycles. The first-order chi connectivity index (χ1) is 51.9. The number of nitrogens with zero attached hydrogens (tertiary/aromatic N) is 4. The summed E-state index contributed by atoms with van der Waals surface area (Å²) in [5, 5.41) is 107. The SMILES string of the molecule is C=C1C[C@H]2C(O)N(C(=O)OCc3ccc(O[C@@H]4O[C@H](CO)[C@H](O)[C@H](O)[C@H]4O)c(C(=O)CCCOCCOCCON)c3)c3cc(OCCCCCOc4cc5c(cc4OC)C(=O)N4CC(=C)C[C@H]4C(O)N5C(=O)OCc4ccc(O[C@@H]5O[C@H](CO)[C@H](O)[C@H](O)[C@H]5O)c(C(=O)CCCOC)c4)c(C)cc3C(=O)N2C1. The third-order valence-electron chi connectivity index (χ3n) is 19.3. The highest BCUT2D eigenvalue weighted by molar-refractivity contribution is 6.07. The molecule has 4 amide bonds. The molecule has 4 aromatic rings. The third kappa shape index (κ3) is 18.8. The van der Waals surface area contributed by atoms with E-state index in [1.165, 1.54) is 78.6 Å². The highest BCUT2D eigenvalue weighted by Gasteiger charge is 2.50. The van der Waals surface area contributed by atoms with E-state index in [2.05, 4.69) is 18.0 Å². The highest BCUT2D eigenvalue weighted by Crippen LogP contribution is 2.44. The number of ether oxygens (including phenoxy) is 12. The lowest BCUT2D eigenvalue weighted by atomic mass is 9.99. The molecule has 12 N–H and O–H groups in total. The summed E-state index contributed by atoms with van der Waals surface area (Å²) in [4.78, 5) is 95.0. The van der Waals surface area contributed by atoms with Crippen LogP contribution >= 0.6 is 0 Å². The Kier molecular flexibility index (Phi) is 28.7. The number of carbonyl (C=O) groups is 6. The van der Waals surface area contributed by atoms with Crippen molar-refractivity contribution in [3.05, 3.63) is 124 Å². The normalized spacial score (nSPS) is 25.4. The van der Waals surface area contributed by atoms with Crippen LogP contribution in [0.4, 0.5) is 21.0 Å². The number of ketones is 2. The van der Waals surface area contributed by atoms with Crippen molar-refractivity contribution in [2.24, 2.45) is 5.90 Å². The minimum Gasteiger partial charge on any atom is -0.493 e. The first-order valence-electron chi connectivity index (χ1n) is 35.5. The molecule has 4 saturated heterocycles. The Labute approximate surface area is 621 Å². The van der Waals surface area contributed by atoms with Gasteiger partial charge in [0, 0.05) is 58.4 Å². The average Bonchev–Trinajstić information content (AvgIpc) is 1.60. The van der Waals surface area contributed by atoms with Crippen LogP contribution in [0.2, 0.25) is 0 Å². The molecule has 4 fully saturated rings. The lowest BCUT2D eigenvalue weighted by molar-refractivity contribution is -0.277. The van der Waals surface area contributed by atoms with E-state index in [1.807, 2.05) is 0 Å². The molecule has 0 bridgehead atoms. The van der Waals surface area contributed by atoms with Crippen LogP contribution in [0.15, 0.2) is 85.0 Å². The maximum Gasteiger partial charge on any atom is 0.416 e. The molecule has 34 heteroatoms. The van der Waals surface area contributed by atoms with Gasteiger partial charge in [-0.2, -0.15) is 0 Å². The third-order valence-corrected chi connectivity index (χ3v) is 19.3. The second-order valence-electron chi connectivity index (χ2n) is 26.9. The van der Waals surface area contributed by atoms with E-state index in [0.29, 0.717) is 42.4 Å². The number of methoxy groups -OCH3 is 2. The van der Waals surface area contributed by atoms with Gasteiger partial charge in [-0.05, 0) is 105 Å². The van der Waals surface area contributed by atoms with E-state index in [0.717, 1.165) is 9.80 Å². The zero-order valence-corrected chi connectivity index (χ0v) is 60.1. The predicted octanol–water partition coefficient (Wildman–Crippen LogP) is 1.98. The van der Waals surface area contributed by atoms with Crippen molar-refractivity contribution in [1.82, 2.24) is 9.80 Å². The van der Waals surface area contributed by atoms with E-state index in [-0.39, 0.29) is 172 Å². The molecule has 34 nitrogen and oxygen atoms in total. The summed E-state index contributed by atoms with van der Waals surface area (Å²) in [7, 11) is 2.84. The number of hydrogen-bond acceptors (Lipinski definition) is 30. The second kappa shape index (κ2) is 37.7. The summed E-state index contributed by atoms with van der Waals surface area (Å²) in [5.41, 5.74) is 2.20. The lowest BCUT2D eigenvalue weighted by Gasteiger charge is -2.39. The molecule has 6 aliphatic rings. The first kappa shape index (κ1) is 82.0. The van der Waals surface area contributed by atoms with Crippen LogP contribution in [0, 0.1) is 6.92 Å². The number of aryl methyl sites for hydroxylation is 1. The number of nitrogens with two attached hydrogens (primary N) is 1. The van der Waals surface area contributed by atoms with Crippen molar-refractivity contribution in [3.63, 3.8) is 0 Å². The Morgan fingerprint density at radius 1 is 0.519 bits per heavy atom. The maximum atomic E-state index is 14.6. The lowest BCUT2D eigenvalue weighted by Crippen LogP contribution is -2.60. The van der Waals surface area contributed by atoms with Gasteiger partial charge in [0.15, 0.2) is 35.5 Å². The van der Waals surface area contributed by atoms with Crippen LogP contribution in [0.25, 0.3) is 0 Å². The van der Waals surface area contributed by atoms with Gasteiger partial charge in [-0.3, -0.25) is 19.2 Å². The molecule has 2 unspecified atom stereocenters. The van der Waals surface area contributed by atoms with Gasteiger partial charge in [0.1, 0.15) is 79.3 Å². The number of aliphatic hydroxyl groups is 10. The zero-order chi connectivity index (χ0) is 77.6. The Morgan fingerprint density at radius 3 is 1.44 bits per heavy atom. The molecule has 108 heavy (non-hydrogen) atoms. The molecule has 0 spiro atoms. The van der Waals surface area contributed by atoms with Crippen molar-refractivity contribution in [3.8, 4) is 28.7 Å². The number of rotatable bonds is 35. The Bertz CT molecular complexity index is 3860. The maximum absolute atomic E-state index is 14.6. The molecule has 6 aliphatic heterocycles. The van der Waals surface area contributed by atoms with Gasteiger partial charge >= 0.3 is 12.2 Å².